The summed E-state index contributed by atoms with van der Waals surface area (Å²) in [5.41, 5.74) is 1.83. The molecule has 0 aliphatic carbocycles. The number of ether oxygens (including phenoxy) is 1. The molecule has 1 saturated heterocycles. The fourth-order valence-electron chi connectivity index (χ4n) is 4.03. The van der Waals surface area contributed by atoms with E-state index in [9.17, 15) is 0 Å². The van der Waals surface area contributed by atoms with E-state index in [0.29, 0.717) is 24.4 Å². The fourth-order valence-corrected chi connectivity index (χ4v) is 4.03. The van der Waals surface area contributed by atoms with Gasteiger partial charge >= 0.3 is 0 Å². The van der Waals surface area contributed by atoms with Gasteiger partial charge in [-0.25, -0.2) is 4.98 Å². The fraction of sp³-hybridized carbons (Fsp3) is 0.565. The van der Waals surface area contributed by atoms with Gasteiger partial charge in [0.05, 0.1) is 25.5 Å². The van der Waals surface area contributed by atoms with Crippen molar-refractivity contribution in [1.82, 2.24) is 20.5 Å². The lowest BCUT2D eigenvalue weighted by molar-refractivity contribution is 0.00272. The van der Waals surface area contributed by atoms with Crippen molar-refractivity contribution in [3.05, 3.63) is 42.3 Å². The third-order valence-corrected chi connectivity index (χ3v) is 5.82. The van der Waals surface area contributed by atoms with Crippen LogP contribution in [0.3, 0.4) is 0 Å². The summed E-state index contributed by atoms with van der Waals surface area (Å²) in [5, 5.41) is 6.88. The van der Waals surface area contributed by atoms with Gasteiger partial charge in [-0.2, -0.15) is 0 Å². The van der Waals surface area contributed by atoms with E-state index < -0.39 is 0 Å². The van der Waals surface area contributed by atoms with E-state index in [1.807, 2.05) is 30.3 Å². The third-order valence-electron chi connectivity index (χ3n) is 5.82. The summed E-state index contributed by atoms with van der Waals surface area (Å²) in [6.07, 6.45) is 4.05. The van der Waals surface area contributed by atoms with Gasteiger partial charge in [-0.3, -0.25) is 9.89 Å². The number of benzene rings is 1. The van der Waals surface area contributed by atoms with Crippen molar-refractivity contribution in [3.63, 3.8) is 0 Å². The van der Waals surface area contributed by atoms with Gasteiger partial charge in [0.25, 0.3) is 0 Å². The van der Waals surface area contributed by atoms with Gasteiger partial charge in [0.15, 0.2) is 5.96 Å². The van der Waals surface area contributed by atoms with E-state index in [-0.39, 0.29) is 0 Å². The second-order valence-corrected chi connectivity index (χ2v) is 7.61. The van der Waals surface area contributed by atoms with Crippen molar-refractivity contribution in [2.75, 3.05) is 39.9 Å². The molecule has 1 aromatic carbocycles. The van der Waals surface area contributed by atoms with Gasteiger partial charge in [-0.05, 0) is 18.1 Å². The number of nitrogens with zero attached hydrogens (tertiary/aromatic N) is 3. The summed E-state index contributed by atoms with van der Waals surface area (Å²) in [5.74, 6) is 2.07. The number of rotatable bonds is 9. The molecule has 2 aromatic rings. The lowest BCUT2D eigenvalue weighted by Gasteiger charge is -2.39. The van der Waals surface area contributed by atoms with Crippen LogP contribution >= 0.6 is 0 Å². The molecule has 2 N–H and O–H groups in total. The van der Waals surface area contributed by atoms with Crippen LogP contribution in [0.1, 0.15) is 32.4 Å². The maximum atomic E-state index is 5.62. The first-order valence-corrected chi connectivity index (χ1v) is 11.0. The Morgan fingerprint density at radius 1 is 1.13 bits per heavy atom. The smallest absolute Gasteiger partial charge is 0.226 e. The Balaban J connectivity index is 1.54. The second kappa shape index (κ2) is 11.7. The molecule has 0 radical (unpaired) electrons. The van der Waals surface area contributed by atoms with Gasteiger partial charge in [0.2, 0.25) is 5.89 Å². The van der Waals surface area contributed by atoms with Gasteiger partial charge in [0.1, 0.15) is 6.26 Å². The number of aliphatic imine (C=N–C) groups is 1. The average molecular weight is 414 g/mol. The summed E-state index contributed by atoms with van der Waals surface area (Å²) in [7, 11) is 1.80. The molecular formula is C23H35N5O2. The van der Waals surface area contributed by atoms with Gasteiger partial charge in [-0.15, -0.1) is 0 Å². The molecule has 0 spiro atoms. The molecule has 1 aliphatic heterocycles. The summed E-state index contributed by atoms with van der Waals surface area (Å²) < 4.78 is 11.2. The maximum Gasteiger partial charge on any atom is 0.226 e. The minimum Gasteiger partial charge on any atom is -0.444 e. The van der Waals surface area contributed by atoms with E-state index in [0.717, 1.165) is 50.1 Å². The molecular weight excluding hydrogens is 378 g/mol. The summed E-state index contributed by atoms with van der Waals surface area (Å²) in [4.78, 5) is 11.5. The van der Waals surface area contributed by atoms with Crippen molar-refractivity contribution in [3.8, 4) is 11.5 Å². The van der Waals surface area contributed by atoms with Crippen molar-refractivity contribution in [2.24, 2.45) is 10.9 Å². The second-order valence-electron chi connectivity index (χ2n) is 7.61. The van der Waals surface area contributed by atoms with Crippen LogP contribution in [0.2, 0.25) is 0 Å². The highest BCUT2D eigenvalue weighted by Crippen LogP contribution is 2.20. The van der Waals surface area contributed by atoms with E-state index >= 15 is 0 Å². The van der Waals surface area contributed by atoms with E-state index in [1.54, 1.807) is 13.3 Å². The van der Waals surface area contributed by atoms with Crippen molar-refractivity contribution in [2.45, 2.75) is 39.3 Å². The van der Waals surface area contributed by atoms with Crippen LogP contribution in [0.25, 0.3) is 11.5 Å². The first kappa shape index (κ1) is 22.3. The molecule has 0 amide bonds. The minimum atomic E-state index is 0.471. The zero-order valence-corrected chi connectivity index (χ0v) is 18.4. The lowest BCUT2D eigenvalue weighted by atomic mass is 9.92. The first-order chi connectivity index (χ1) is 14.7. The predicted molar refractivity (Wildman–Crippen MR) is 120 cm³/mol. The summed E-state index contributed by atoms with van der Waals surface area (Å²) in [6.45, 7) is 9.61. The highest BCUT2D eigenvalue weighted by Gasteiger charge is 2.27. The molecule has 1 fully saturated rings. The largest absolute Gasteiger partial charge is 0.444 e. The predicted octanol–water partition coefficient (Wildman–Crippen LogP) is 3.14. The molecule has 1 atom stereocenters. The molecule has 2 heterocycles. The van der Waals surface area contributed by atoms with E-state index in [2.05, 4.69) is 39.4 Å². The van der Waals surface area contributed by atoms with Crippen LogP contribution in [0.15, 0.2) is 46.0 Å². The molecule has 7 heteroatoms. The van der Waals surface area contributed by atoms with Gasteiger partial charge < -0.3 is 19.8 Å². The quantitative estimate of drug-likeness (QED) is 0.486. The van der Waals surface area contributed by atoms with Crippen LogP contribution in [0.5, 0.6) is 0 Å². The normalized spacial score (nSPS) is 16.6. The van der Waals surface area contributed by atoms with Crippen molar-refractivity contribution < 1.29 is 9.15 Å². The molecule has 164 valence electrons. The zero-order chi connectivity index (χ0) is 21.2. The van der Waals surface area contributed by atoms with E-state index in [4.69, 9.17) is 9.15 Å². The highest BCUT2D eigenvalue weighted by molar-refractivity contribution is 5.79. The molecule has 0 saturated carbocycles. The van der Waals surface area contributed by atoms with Crippen LogP contribution in [-0.4, -0.2) is 61.8 Å². The number of guanidine groups is 1. The summed E-state index contributed by atoms with van der Waals surface area (Å²) in [6, 6.07) is 10.4. The third kappa shape index (κ3) is 6.06. The standard InChI is InChI=1S/C23H35N5O2/c1-4-18(5-2)21(28-11-13-29-14-12-28)16-26-23(24-3)25-15-20-17-30-22(27-20)19-9-7-6-8-10-19/h6-10,17-18,21H,4-5,11-16H2,1-3H3,(H2,24,25,26). The molecule has 1 unspecified atom stereocenters. The van der Waals surface area contributed by atoms with Crippen molar-refractivity contribution >= 4 is 5.96 Å². The van der Waals surface area contributed by atoms with Gasteiger partial charge in [0, 0.05) is 38.3 Å². The van der Waals surface area contributed by atoms with Crippen LogP contribution in [-0.2, 0) is 11.3 Å². The van der Waals surface area contributed by atoms with E-state index in [1.165, 1.54) is 12.8 Å². The highest BCUT2D eigenvalue weighted by atomic mass is 16.5. The van der Waals surface area contributed by atoms with Gasteiger partial charge in [-0.1, -0.05) is 44.9 Å². The Labute approximate surface area is 179 Å². The molecule has 7 nitrogen and oxygen atoms in total. The Bertz CT molecular complexity index is 767. The van der Waals surface area contributed by atoms with Crippen LogP contribution in [0, 0.1) is 5.92 Å². The number of nitrogens with one attached hydrogen (secondary N) is 2. The Morgan fingerprint density at radius 3 is 2.53 bits per heavy atom. The van der Waals surface area contributed by atoms with Crippen LogP contribution < -0.4 is 10.6 Å². The monoisotopic (exact) mass is 413 g/mol. The number of morpholine rings is 1. The van der Waals surface area contributed by atoms with Crippen LogP contribution in [0.4, 0.5) is 0 Å². The molecule has 1 aromatic heterocycles. The van der Waals surface area contributed by atoms with Crippen molar-refractivity contribution in [1.29, 1.82) is 0 Å². The number of aromatic nitrogens is 1. The Morgan fingerprint density at radius 2 is 1.87 bits per heavy atom. The topological polar surface area (TPSA) is 74.9 Å². The summed E-state index contributed by atoms with van der Waals surface area (Å²) >= 11 is 0. The molecule has 0 bridgehead atoms. The molecule has 3 rings (SSSR count). The number of hydrogen-bond acceptors (Lipinski definition) is 5. The Kier molecular flexibility index (Phi) is 8.71. The number of hydrogen-bond donors (Lipinski definition) is 2. The SMILES string of the molecule is CCC(CC)C(CNC(=NC)NCc1coc(-c2ccccc2)n1)N1CCOCC1. The average Bonchev–Trinajstić information content (AvgIpc) is 3.29. The maximum absolute atomic E-state index is 5.62. The first-order valence-electron chi connectivity index (χ1n) is 11.0. The lowest BCUT2D eigenvalue weighted by Crippen LogP contribution is -2.53. The minimum absolute atomic E-state index is 0.471. The molecule has 1 aliphatic rings. The molecule has 30 heavy (non-hydrogen) atoms. The number of oxazole rings is 1. The zero-order valence-electron chi connectivity index (χ0n) is 18.4. The Hall–Kier alpha value is -2.38.